The standard InChI is InChI=1S/C39H65N5O8/c1-12-25(6)34(43(9)38(48)33(24(4)5)42-37(47)32(40-8)23(2)3)30(51-10)22-31(45)44-20-16-19-29(44)35(52-11)26(7)36(46)41-28(39(49)50)21-27-17-14-13-15-18-27/h13-15,17-18,23-26,28-30,32-35,40H,12,16,19-22H2,1-11H3,(H,41,46)(H,42,47)(H,49,50)/t25?,26-,28?,29+,30-,32+,33+,34+,35-/m1/s1. The number of amides is 4. The van der Waals surface area contributed by atoms with Gasteiger partial charge in [-0.2, -0.15) is 0 Å². The Morgan fingerprint density at radius 3 is 2.04 bits per heavy atom. The number of carbonyl (C=O) groups is 5. The molecule has 2 rings (SSSR count). The van der Waals surface area contributed by atoms with Crippen molar-refractivity contribution in [3.63, 3.8) is 0 Å². The van der Waals surface area contributed by atoms with Gasteiger partial charge >= 0.3 is 5.97 Å². The number of rotatable bonds is 21. The molecule has 1 saturated heterocycles. The number of benzene rings is 1. The van der Waals surface area contributed by atoms with E-state index in [1.54, 1.807) is 30.8 Å². The van der Waals surface area contributed by atoms with Crippen LogP contribution in [0.2, 0.25) is 0 Å². The third-order valence-electron chi connectivity index (χ3n) is 10.6. The zero-order valence-electron chi connectivity index (χ0n) is 33.2. The number of carbonyl (C=O) groups excluding carboxylic acids is 4. The van der Waals surface area contributed by atoms with E-state index in [1.165, 1.54) is 14.2 Å². The summed E-state index contributed by atoms with van der Waals surface area (Å²) in [6.07, 6.45) is 0.818. The molecule has 2 unspecified atom stereocenters. The average Bonchev–Trinajstić information content (AvgIpc) is 3.59. The number of likely N-dealkylation sites (tertiary alicyclic amines) is 1. The molecule has 13 heteroatoms. The zero-order valence-corrected chi connectivity index (χ0v) is 33.2. The van der Waals surface area contributed by atoms with Crippen molar-refractivity contribution in [2.45, 2.75) is 123 Å². The smallest absolute Gasteiger partial charge is 0.326 e. The molecule has 0 aromatic heterocycles. The van der Waals surface area contributed by atoms with Gasteiger partial charge in [0, 0.05) is 34.2 Å². The fourth-order valence-electron chi connectivity index (χ4n) is 7.40. The van der Waals surface area contributed by atoms with Crippen LogP contribution in [0.15, 0.2) is 30.3 Å². The van der Waals surface area contributed by atoms with Gasteiger partial charge in [-0.25, -0.2) is 4.79 Å². The molecule has 0 aliphatic carbocycles. The highest BCUT2D eigenvalue weighted by Crippen LogP contribution is 2.29. The molecule has 0 radical (unpaired) electrons. The maximum atomic E-state index is 14.1. The lowest BCUT2D eigenvalue weighted by Crippen LogP contribution is -2.59. The van der Waals surface area contributed by atoms with Crippen LogP contribution >= 0.6 is 0 Å². The molecule has 0 spiro atoms. The number of hydrogen-bond donors (Lipinski definition) is 4. The minimum Gasteiger partial charge on any atom is -0.480 e. The summed E-state index contributed by atoms with van der Waals surface area (Å²) in [6.45, 7) is 13.9. The Morgan fingerprint density at radius 1 is 0.923 bits per heavy atom. The van der Waals surface area contributed by atoms with E-state index in [2.05, 4.69) is 16.0 Å². The first-order chi connectivity index (χ1) is 24.5. The first kappa shape index (κ1) is 44.6. The average molecular weight is 732 g/mol. The monoisotopic (exact) mass is 731 g/mol. The first-order valence-corrected chi connectivity index (χ1v) is 18.7. The van der Waals surface area contributed by atoms with E-state index >= 15 is 0 Å². The van der Waals surface area contributed by atoms with Crippen molar-refractivity contribution < 1.29 is 38.6 Å². The van der Waals surface area contributed by atoms with Crippen molar-refractivity contribution in [1.29, 1.82) is 0 Å². The van der Waals surface area contributed by atoms with E-state index in [4.69, 9.17) is 9.47 Å². The number of hydrogen-bond acceptors (Lipinski definition) is 8. The number of ether oxygens (including phenoxy) is 2. The Kier molecular flexibility index (Phi) is 18.2. The molecule has 0 bridgehead atoms. The molecule has 13 nitrogen and oxygen atoms in total. The molecular formula is C39H65N5O8. The van der Waals surface area contributed by atoms with Crippen LogP contribution in [0.1, 0.15) is 79.7 Å². The molecule has 4 amide bonds. The maximum Gasteiger partial charge on any atom is 0.326 e. The normalized spacial score (nSPS) is 19.2. The van der Waals surface area contributed by atoms with E-state index in [-0.39, 0.29) is 48.3 Å². The van der Waals surface area contributed by atoms with Gasteiger partial charge in [-0.05, 0) is 43.2 Å². The van der Waals surface area contributed by atoms with E-state index in [1.807, 2.05) is 71.9 Å². The van der Waals surface area contributed by atoms with E-state index in [0.29, 0.717) is 19.4 Å². The van der Waals surface area contributed by atoms with E-state index in [9.17, 15) is 29.1 Å². The van der Waals surface area contributed by atoms with Crippen LogP contribution in [0.3, 0.4) is 0 Å². The van der Waals surface area contributed by atoms with Crippen LogP contribution in [-0.2, 0) is 39.9 Å². The Hall–Kier alpha value is -3.55. The highest BCUT2D eigenvalue weighted by atomic mass is 16.5. The van der Waals surface area contributed by atoms with Gasteiger partial charge in [0.25, 0.3) is 0 Å². The Labute approximate surface area is 310 Å². The quantitative estimate of drug-likeness (QED) is 0.149. The molecule has 1 aliphatic rings. The fourth-order valence-corrected chi connectivity index (χ4v) is 7.40. The number of likely N-dealkylation sites (N-methyl/N-ethyl adjacent to an activating group) is 2. The second kappa shape index (κ2) is 21.2. The Morgan fingerprint density at radius 2 is 1.54 bits per heavy atom. The zero-order chi connectivity index (χ0) is 39.3. The fraction of sp³-hybridized carbons (Fsp3) is 0.718. The van der Waals surface area contributed by atoms with Crippen molar-refractivity contribution in [1.82, 2.24) is 25.8 Å². The lowest BCUT2D eigenvalue weighted by molar-refractivity contribution is -0.148. The van der Waals surface area contributed by atoms with Crippen LogP contribution in [0.5, 0.6) is 0 Å². The predicted octanol–water partition coefficient (Wildman–Crippen LogP) is 3.10. The van der Waals surface area contributed by atoms with E-state index in [0.717, 1.165) is 12.0 Å². The van der Waals surface area contributed by atoms with Crippen molar-refractivity contribution in [3.05, 3.63) is 35.9 Å². The lowest BCUT2D eigenvalue weighted by Gasteiger charge is -2.41. The number of nitrogens with one attached hydrogen (secondary N) is 3. The Balaban J connectivity index is 2.26. The second-order valence-corrected chi connectivity index (χ2v) is 14.9. The maximum absolute atomic E-state index is 14.1. The molecule has 52 heavy (non-hydrogen) atoms. The van der Waals surface area contributed by atoms with Gasteiger partial charge < -0.3 is 40.3 Å². The highest BCUT2D eigenvalue weighted by molar-refractivity contribution is 5.90. The largest absolute Gasteiger partial charge is 0.480 e. The number of nitrogens with zero attached hydrogens (tertiary/aromatic N) is 2. The van der Waals surface area contributed by atoms with E-state index < -0.39 is 60.2 Å². The number of methoxy groups -OCH3 is 2. The summed E-state index contributed by atoms with van der Waals surface area (Å²) in [6, 6.07) is 5.84. The lowest BCUT2D eigenvalue weighted by atomic mass is 9.89. The molecule has 294 valence electrons. The Bertz CT molecular complexity index is 1310. The first-order valence-electron chi connectivity index (χ1n) is 18.7. The van der Waals surface area contributed by atoms with Gasteiger partial charge in [0.15, 0.2) is 0 Å². The van der Waals surface area contributed by atoms with Gasteiger partial charge in [-0.3, -0.25) is 19.2 Å². The summed E-state index contributed by atoms with van der Waals surface area (Å²) in [5.41, 5.74) is 0.785. The summed E-state index contributed by atoms with van der Waals surface area (Å²) < 4.78 is 11.8. The SMILES string of the molecule is CCC(C)[C@@H]([C@@H](CC(=O)N1CCC[C@H]1[C@H](OC)[C@@H](C)C(=O)NC(Cc1ccccc1)C(=O)O)OC)N(C)C(=O)[C@@H](NC(=O)[C@@H](NC)C(C)C)C(C)C. The van der Waals surface area contributed by atoms with Crippen molar-refractivity contribution in [2.75, 3.05) is 34.9 Å². The summed E-state index contributed by atoms with van der Waals surface area (Å²) >= 11 is 0. The number of carboxylic acid groups (broad SMARTS) is 1. The molecule has 1 aromatic carbocycles. The minimum atomic E-state index is -1.14. The minimum absolute atomic E-state index is 0.0112. The van der Waals surface area contributed by atoms with Crippen LogP contribution in [0.25, 0.3) is 0 Å². The van der Waals surface area contributed by atoms with Gasteiger partial charge in [0.05, 0.1) is 42.7 Å². The molecule has 0 saturated carbocycles. The van der Waals surface area contributed by atoms with Crippen molar-refractivity contribution >= 4 is 29.6 Å². The van der Waals surface area contributed by atoms with Gasteiger partial charge in [-0.1, -0.05) is 85.2 Å². The molecule has 4 N–H and O–H groups in total. The molecule has 9 atom stereocenters. The molecular weight excluding hydrogens is 666 g/mol. The third kappa shape index (κ3) is 11.7. The molecule has 1 heterocycles. The summed E-state index contributed by atoms with van der Waals surface area (Å²) in [5.74, 6) is -3.27. The number of carboxylic acids is 1. The van der Waals surface area contributed by atoms with Crippen LogP contribution in [0, 0.1) is 23.7 Å². The van der Waals surface area contributed by atoms with Gasteiger partial charge in [0.2, 0.25) is 23.6 Å². The molecule has 1 fully saturated rings. The van der Waals surface area contributed by atoms with Crippen molar-refractivity contribution in [3.8, 4) is 0 Å². The van der Waals surface area contributed by atoms with Crippen molar-refractivity contribution in [2.24, 2.45) is 23.7 Å². The van der Waals surface area contributed by atoms with Crippen LogP contribution < -0.4 is 16.0 Å². The third-order valence-corrected chi connectivity index (χ3v) is 10.6. The van der Waals surface area contributed by atoms with Crippen LogP contribution in [0.4, 0.5) is 0 Å². The number of aliphatic carboxylic acids is 1. The predicted molar refractivity (Wildman–Crippen MR) is 200 cm³/mol. The van der Waals surface area contributed by atoms with Gasteiger partial charge in [-0.15, -0.1) is 0 Å². The van der Waals surface area contributed by atoms with Gasteiger partial charge in [0.1, 0.15) is 12.1 Å². The summed E-state index contributed by atoms with van der Waals surface area (Å²) in [5, 5.41) is 18.5. The molecule has 1 aromatic rings. The highest BCUT2D eigenvalue weighted by Gasteiger charge is 2.43. The second-order valence-electron chi connectivity index (χ2n) is 14.9. The molecule has 1 aliphatic heterocycles. The summed E-state index contributed by atoms with van der Waals surface area (Å²) in [4.78, 5) is 70.3. The van der Waals surface area contributed by atoms with Crippen LogP contribution in [-0.4, -0.2) is 122 Å². The topological polar surface area (TPSA) is 167 Å². The summed E-state index contributed by atoms with van der Waals surface area (Å²) in [7, 11) is 6.46.